The van der Waals surface area contributed by atoms with Crippen molar-refractivity contribution in [2.75, 3.05) is 11.9 Å². The molecule has 1 fully saturated rings. The Hall–Kier alpha value is -1.08. The standard InChI is InChI=1S/C12H12BrFN2/c1-12(4-5-12)7-16-9-3-2-8(6-15)10(13)11(9)14/h2-3,16H,4-5,7H2,1H3. The molecule has 0 bridgehead atoms. The van der Waals surface area contributed by atoms with Gasteiger partial charge in [-0.15, -0.1) is 0 Å². The molecule has 1 aromatic carbocycles. The van der Waals surface area contributed by atoms with E-state index in [1.165, 1.54) is 12.8 Å². The van der Waals surface area contributed by atoms with Gasteiger partial charge in [0.05, 0.1) is 15.7 Å². The highest BCUT2D eigenvalue weighted by Gasteiger charge is 2.36. The largest absolute Gasteiger partial charge is 0.382 e. The fraction of sp³-hybridized carbons (Fsp3) is 0.417. The van der Waals surface area contributed by atoms with E-state index < -0.39 is 0 Å². The first kappa shape index (κ1) is 11.4. The third-order valence-electron chi connectivity index (χ3n) is 3.01. The molecule has 1 saturated carbocycles. The van der Waals surface area contributed by atoms with Crippen LogP contribution in [-0.4, -0.2) is 6.54 Å². The van der Waals surface area contributed by atoms with Gasteiger partial charge in [0.25, 0.3) is 0 Å². The Bertz CT molecular complexity index is 461. The number of benzene rings is 1. The number of nitriles is 1. The molecule has 0 unspecified atom stereocenters. The Morgan fingerprint density at radius 3 is 2.81 bits per heavy atom. The minimum absolute atomic E-state index is 0.237. The summed E-state index contributed by atoms with van der Waals surface area (Å²) in [6.45, 7) is 2.96. The molecular weight excluding hydrogens is 271 g/mol. The van der Waals surface area contributed by atoms with Gasteiger partial charge in [-0.25, -0.2) is 4.39 Å². The van der Waals surface area contributed by atoms with E-state index >= 15 is 0 Å². The molecule has 0 radical (unpaired) electrons. The van der Waals surface area contributed by atoms with Crippen molar-refractivity contribution in [1.82, 2.24) is 0 Å². The molecule has 0 spiro atoms. The first-order valence-electron chi connectivity index (χ1n) is 5.18. The number of hydrogen-bond acceptors (Lipinski definition) is 2. The highest BCUT2D eigenvalue weighted by atomic mass is 79.9. The fourth-order valence-corrected chi connectivity index (χ4v) is 1.91. The Kier molecular flexibility index (Phi) is 2.90. The van der Waals surface area contributed by atoms with Gasteiger partial charge in [-0.05, 0) is 46.3 Å². The Morgan fingerprint density at radius 1 is 1.56 bits per heavy atom. The van der Waals surface area contributed by atoms with Crippen molar-refractivity contribution in [2.24, 2.45) is 5.41 Å². The topological polar surface area (TPSA) is 35.8 Å². The van der Waals surface area contributed by atoms with Crippen LogP contribution in [0, 0.1) is 22.6 Å². The SMILES string of the molecule is CC1(CNc2ccc(C#N)c(Br)c2F)CC1. The van der Waals surface area contributed by atoms with Gasteiger partial charge in [0, 0.05) is 6.54 Å². The van der Waals surface area contributed by atoms with Crippen molar-refractivity contribution >= 4 is 21.6 Å². The number of halogens is 2. The van der Waals surface area contributed by atoms with Crippen LogP contribution in [0.2, 0.25) is 0 Å². The summed E-state index contributed by atoms with van der Waals surface area (Å²) in [7, 11) is 0. The van der Waals surface area contributed by atoms with Gasteiger partial charge >= 0.3 is 0 Å². The van der Waals surface area contributed by atoms with Crippen molar-refractivity contribution in [1.29, 1.82) is 5.26 Å². The smallest absolute Gasteiger partial charge is 0.161 e. The lowest BCUT2D eigenvalue weighted by atomic mass is 10.1. The van der Waals surface area contributed by atoms with Crippen molar-refractivity contribution in [2.45, 2.75) is 19.8 Å². The van der Waals surface area contributed by atoms with Crippen molar-refractivity contribution in [3.63, 3.8) is 0 Å². The van der Waals surface area contributed by atoms with Crippen LogP contribution in [0.15, 0.2) is 16.6 Å². The van der Waals surface area contributed by atoms with E-state index in [2.05, 4.69) is 28.2 Å². The molecule has 1 aromatic rings. The van der Waals surface area contributed by atoms with E-state index in [-0.39, 0.29) is 10.3 Å². The molecule has 0 saturated heterocycles. The second kappa shape index (κ2) is 4.06. The first-order valence-corrected chi connectivity index (χ1v) is 5.97. The van der Waals surface area contributed by atoms with Gasteiger partial charge in [0.15, 0.2) is 5.82 Å². The molecular formula is C12H12BrFN2. The first-order chi connectivity index (χ1) is 7.56. The average Bonchev–Trinajstić information content (AvgIpc) is 2.99. The molecule has 0 aromatic heterocycles. The lowest BCUT2D eigenvalue weighted by Crippen LogP contribution is -2.12. The maximum Gasteiger partial charge on any atom is 0.161 e. The molecule has 2 rings (SSSR count). The zero-order valence-electron chi connectivity index (χ0n) is 8.98. The summed E-state index contributed by atoms with van der Waals surface area (Å²) in [5.41, 5.74) is 1.10. The van der Waals surface area contributed by atoms with E-state index in [9.17, 15) is 4.39 Å². The lowest BCUT2D eigenvalue weighted by molar-refractivity contribution is 0.595. The summed E-state index contributed by atoms with van der Waals surface area (Å²) in [6, 6.07) is 5.16. The van der Waals surface area contributed by atoms with Crippen LogP contribution in [0.3, 0.4) is 0 Å². The van der Waals surface area contributed by atoms with Crippen molar-refractivity contribution in [3.8, 4) is 6.07 Å². The summed E-state index contributed by atoms with van der Waals surface area (Å²) < 4.78 is 14.0. The molecule has 0 amide bonds. The van der Waals surface area contributed by atoms with E-state index in [0.29, 0.717) is 16.7 Å². The summed E-state index contributed by atoms with van der Waals surface area (Å²) >= 11 is 3.09. The number of hydrogen-bond donors (Lipinski definition) is 1. The summed E-state index contributed by atoms with van der Waals surface area (Å²) in [4.78, 5) is 0. The third kappa shape index (κ3) is 2.19. The van der Waals surface area contributed by atoms with Gasteiger partial charge in [0.2, 0.25) is 0 Å². The Morgan fingerprint density at radius 2 is 2.25 bits per heavy atom. The zero-order chi connectivity index (χ0) is 11.8. The molecule has 1 N–H and O–H groups in total. The normalized spacial score (nSPS) is 16.6. The number of anilines is 1. The van der Waals surface area contributed by atoms with E-state index in [1.54, 1.807) is 12.1 Å². The third-order valence-corrected chi connectivity index (χ3v) is 3.79. The van der Waals surface area contributed by atoms with Crippen LogP contribution in [-0.2, 0) is 0 Å². The molecule has 4 heteroatoms. The summed E-state index contributed by atoms with van der Waals surface area (Å²) in [6.07, 6.45) is 2.39. The zero-order valence-corrected chi connectivity index (χ0v) is 10.6. The van der Waals surface area contributed by atoms with Gasteiger partial charge in [-0.2, -0.15) is 5.26 Å². The number of nitrogens with one attached hydrogen (secondary N) is 1. The van der Waals surface area contributed by atoms with E-state index in [1.807, 2.05) is 6.07 Å². The maximum atomic E-state index is 13.8. The predicted molar refractivity (Wildman–Crippen MR) is 64.6 cm³/mol. The van der Waals surface area contributed by atoms with Crippen molar-refractivity contribution in [3.05, 3.63) is 28.0 Å². The van der Waals surface area contributed by atoms with Crippen LogP contribution >= 0.6 is 15.9 Å². The number of nitrogens with zero attached hydrogens (tertiary/aromatic N) is 1. The van der Waals surface area contributed by atoms with E-state index in [4.69, 9.17) is 5.26 Å². The Balaban J connectivity index is 2.16. The quantitative estimate of drug-likeness (QED) is 0.918. The van der Waals surface area contributed by atoms with Crippen molar-refractivity contribution < 1.29 is 4.39 Å². The van der Waals surface area contributed by atoms with Gasteiger partial charge < -0.3 is 5.32 Å². The fourth-order valence-electron chi connectivity index (χ4n) is 1.47. The van der Waals surface area contributed by atoms with Crippen LogP contribution in [0.5, 0.6) is 0 Å². The van der Waals surface area contributed by atoms with E-state index in [0.717, 1.165) is 6.54 Å². The maximum absolute atomic E-state index is 13.8. The van der Waals surface area contributed by atoms with Crippen LogP contribution in [0.1, 0.15) is 25.3 Å². The highest BCUT2D eigenvalue weighted by molar-refractivity contribution is 9.10. The van der Waals surface area contributed by atoms with Crippen LogP contribution in [0.25, 0.3) is 0 Å². The summed E-state index contributed by atoms with van der Waals surface area (Å²) in [5, 5.41) is 11.8. The average molecular weight is 283 g/mol. The molecule has 0 heterocycles. The summed E-state index contributed by atoms with van der Waals surface area (Å²) in [5.74, 6) is -0.386. The minimum atomic E-state index is -0.386. The van der Waals surface area contributed by atoms with Gasteiger partial charge in [0.1, 0.15) is 6.07 Å². The molecule has 84 valence electrons. The molecule has 2 nitrogen and oxygen atoms in total. The second-order valence-electron chi connectivity index (χ2n) is 4.56. The van der Waals surface area contributed by atoms with Gasteiger partial charge in [-0.1, -0.05) is 6.92 Å². The van der Waals surface area contributed by atoms with Crippen LogP contribution < -0.4 is 5.32 Å². The molecule has 1 aliphatic carbocycles. The predicted octanol–water partition coefficient (Wildman–Crippen LogP) is 3.67. The second-order valence-corrected chi connectivity index (χ2v) is 5.36. The van der Waals surface area contributed by atoms with Crippen LogP contribution in [0.4, 0.5) is 10.1 Å². The highest BCUT2D eigenvalue weighted by Crippen LogP contribution is 2.45. The molecule has 0 atom stereocenters. The Labute approximate surface area is 103 Å². The molecule has 1 aliphatic rings. The molecule has 16 heavy (non-hydrogen) atoms. The number of rotatable bonds is 3. The monoisotopic (exact) mass is 282 g/mol. The molecule has 0 aliphatic heterocycles. The minimum Gasteiger partial charge on any atom is -0.382 e. The lowest BCUT2D eigenvalue weighted by Gasteiger charge is -2.13. The van der Waals surface area contributed by atoms with Gasteiger partial charge in [-0.3, -0.25) is 0 Å².